The molecule has 4 bridgehead atoms. The first-order valence-corrected chi connectivity index (χ1v) is 10.0. The largest absolute Gasteiger partial charge is 0.385 e. The van der Waals surface area contributed by atoms with Gasteiger partial charge in [-0.15, -0.1) is 0 Å². The molecular weight excluding hydrogens is 352 g/mol. The number of benzene rings is 2. The zero-order valence-electron chi connectivity index (χ0n) is 16.3. The second-order valence-corrected chi connectivity index (χ2v) is 9.02. The van der Waals surface area contributed by atoms with E-state index in [0.29, 0.717) is 36.8 Å². The second-order valence-electron chi connectivity index (χ2n) is 9.02. The fourth-order valence-electron chi connectivity index (χ4n) is 5.60. The average Bonchev–Trinajstić information content (AvgIpc) is 2.99. The van der Waals surface area contributed by atoms with Crippen LogP contribution in [0.2, 0.25) is 0 Å². The van der Waals surface area contributed by atoms with E-state index in [1.165, 1.54) is 0 Å². The maximum atomic E-state index is 12.7. The fourth-order valence-corrected chi connectivity index (χ4v) is 5.60. The molecule has 6 rings (SSSR count). The van der Waals surface area contributed by atoms with Crippen LogP contribution in [0.15, 0.2) is 24.3 Å². The van der Waals surface area contributed by atoms with Gasteiger partial charge in [-0.2, -0.15) is 0 Å². The van der Waals surface area contributed by atoms with E-state index < -0.39 is 11.2 Å². The molecule has 4 nitrogen and oxygen atoms in total. The molecule has 0 radical (unpaired) electrons. The van der Waals surface area contributed by atoms with Crippen LogP contribution in [0.3, 0.4) is 0 Å². The second kappa shape index (κ2) is 5.62. The number of aryl methyl sites for hydroxylation is 4. The summed E-state index contributed by atoms with van der Waals surface area (Å²) in [6, 6.07) is 8.11. The van der Waals surface area contributed by atoms with Gasteiger partial charge in [0, 0.05) is 24.0 Å². The number of aliphatic hydroxyl groups is 2. The van der Waals surface area contributed by atoms with E-state index in [1.54, 1.807) is 13.8 Å². The van der Waals surface area contributed by atoms with Crippen molar-refractivity contribution in [2.75, 3.05) is 0 Å². The van der Waals surface area contributed by atoms with E-state index in [2.05, 4.69) is 0 Å². The van der Waals surface area contributed by atoms with Gasteiger partial charge in [0.25, 0.3) is 0 Å². The molecule has 2 atom stereocenters. The molecule has 0 amide bonds. The number of Topliss-reactive ketones (excluding diaryl/α,β-unsaturated/α-hetero) is 2. The van der Waals surface area contributed by atoms with Gasteiger partial charge < -0.3 is 10.2 Å². The van der Waals surface area contributed by atoms with E-state index in [1.807, 2.05) is 24.3 Å². The Balaban J connectivity index is 1.71. The van der Waals surface area contributed by atoms with Gasteiger partial charge in [-0.3, -0.25) is 9.59 Å². The predicted octanol–water partition coefficient (Wildman–Crippen LogP) is 3.16. The van der Waals surface area contributed by atoms with Gasteiger partial charge in [0.15, 0.2) is 11.6 Å². The van der Waals surface area contributed by atoms with Crippen LogP contribution in [0.25, 0.3) is 0 Å². The highest BCUT2D eigenvalue weighted by Crippen LogP contribution is 2.44. The number of fused-ring (bicyclic) bond motifs is 4. The molecule has 4 aliphatic carbocycles. The minimum atomic E-state index is -1.13. The lowest BCUT2D eigenvalue weighted by molar-refractivity contribution is 0.0516. The van der Waals surface area contributed by atoms with E-state index in [0.717, 1.165) is 33.4 Å². The zero-order chi connectivity index (χ0) is 19.8. The third kappa shape index (κ3) is 2.38. The summed E-state index contributed by atoms with van der Waals surface area (Å²) in [4.78, 5) is 25.4. The topological polar surface area (TPSA) is 74.6 Å². The van der Waals surface area contributed by atoms with Crippen molar-refractivity contribution in [3.05, 3.63) is 68.8 Å². The van der Waals surface area contributed by atoms with Crippen molar-refractivity contribution in [3.63, 3.8) is 0 Å². The highest BCUT2D eigenvalue weighted by Gasteiger charge is 2.43. The molecule has 0 aromatic heterocycles. The van der Waals surface area contributed by atoms with Crippen molar-refractivity contribution in [1.29, 1.82) is 0 Å². The van der Waals surface area contributed by atoms with Crippen LogP contribution in [0.4, 0.5) is 0 Å². The SMILES string of the molecule is C[C@]1(O)CC(=O)c2c3ccc(c21)CCc1ccc(c2c1C(=O)C[C@@]2(C)O)CC3. The minimum Gasteiger partial charge on any atom is -0.385 e. The zero-order valence-corrected chi connectivity index (χ0v) is 16.3. The van der Waals surface area contributed by atoms with Gasteiger partial charge in [-0.05, 0) is 72.9 Å². The van der Waals surface area contributed by atoms with Crippen LogP contribution >= 0.6 is 0 Å². The van der Waals surface area contributed by atoms with Crippen molar-refractivity contribution >= 4 is 11.6 Å². The molecule has 2 aromatic rings. The van der Waals surface area contributed by atoms with Crippen LogP contribution in [-0.4, -0.2) is 21.8 Å². The Morgan fingerprint density at radius 2 is 0.964 bits per heavy atom. The summed E-state index contributed by atoms with van der Waals surface area (Å²) in [5.41, 5.74) is 4.52. The number of carbonyl (C=O) groups is 2. The van der Waals surface area contributed by atoms with E-state index in [9.17, 15) is 19.8 Å². The summed E-state index contributed by atoms with van der Waals surface area (Å²) in [6.07, 6.45) is 2.82. The van der Waals surface area contributed by atoms with Gasteiger partial charge >= 0.3 is 0 Å². The number of rotatable bonds is 0. The van der Waals surface area contributed by atoms with Crippen LogP contribution in [0.1, 0.15) is 80.8 Å². The number of hydrogen-bond donors (Lipinski definition) is 2. The summed E-state index contributed by atoms with van der Waals surface area (Å²) in [6.45, 7) is 3.45. The van der Waals surface area contributed by atoms with Crippen molar-refractivity contribution in [1.82, 2.24) is 0 Å². The summed E-state index contributed by atoms with van der Waals surface area (Å²) >= 11 is 0. The van der Waals surface area contributed by atoms with E-state index >= 15 is 0 Å². The molecule has 0 fully saturated rings. The standard InChI is InChI=1S/C24H24O4/c1-23(27)11-17(25)19-13-3-7-15(21(19)23)9-5-14-4-8-16(10-6-13)22-20(14)18(26)12-24(22,2)28/h3-4,7-8,27-28H,5-6,9-12H2,1-2H3/t23-,24+. The van der Waals surface area contributed by atoms with Crippen molar-refractivity contribution in [2.24, 2.45) is 0 Å². The lowest BCUT2D eigenvalue weighted by atomic mass is 9.83. The van der Waals surface area contributed by atoms with Crippen molar-refractivity contribution in [2.45, 2.75) is 63.6 Å². The third-order valence-electron chi connectivity index (χ3n) is 6.73. The summed E-state index contributed by atoms with van der Waals surface area (Å²) in [7, 11) is 0. The molecule has 0 aliphatic heterocycles. The van der Waals surface area contributed by atoms with Crippen LogP contribution in [0, 0.1) is 0 Å². The fraction of sp³-hybridized carbons (Fsp3) is 0.417. The highest BCUT2D eigenvalue weighted by molar-refractivity contribution is 6.04. The third-order valence-corrected chi connectivity index (χ3v) is 6.73. The van der Waals surface area contributed by atoms with Gasteiger partial charge in [0.05, 0.1) is 11.2 Å². The Morgan fingerprint density at radius 3 is 1.36 bits per heavy atom. The molecule has 144 valence electrons. The molecule has 2 N–H and O–H groups in total. The molecule has 2 aromatic carbocycles. The number of ketones is 2. The quantitative estimate of drug-likeness (QED) is 0.741. The normalized spacial score (nSPS) is 28.3. The molecule has 4 aliphatic rings. The maximum absolute atomic E-state index is 12.7. The monoisotopic (exact) mass is 376 g/mol. The van der Waals surface area contributed by atoms with Crippen molar-refractivity contribution < 1.29 is 19.8 Å². The molecule has 28 heavy (non-hydrogen) atoms. The van der Waals surface area contributed by atoms with Crippen molar-refractivity contribution in [3.8, 4) is 0 Å². The van der Waals surface area contributed by atoms with Gasteiger partial charge in [0.1, 0.15) is 0 Å². The first-order valence-electron chi connectivity index (χ1n) is 10.0. The van der Waals surface area contributed by atoms with E-state index in [-0.39, 0.29) is 24.4 Å². The molecule has 0 spiro atoms. The molecule has 0 unspecified atom stereocenters. The Hall–Kier alpha value is -2.30. The predicted molar refractivity (Wildman–Crippen MR) is 105 cm³/mol. The van der Waals surface area contributed by atoms with Gasteiger partial charge in [0.2, 0.25) is 0 Å². The summed E-state index contributed by atoms with van der Waals surface area (Å²) in [5, 5.41) is 21.8. The Kier molecular flexibility index (Phi) is 3.57. The molecule has 0 saturated carbocycles. The van der Waals surface area contributed by atoms with E-state index in [4.69, 9.17) is 0 Å². The molecule has 4 heteroatoms. The Labute approximate surface area is 164 Å². The molecule has 0 saturated heterocycles. The Morgan fingerprint density at radius 1 is 0.643 bits per heavy atom. The van der Waals surface area contributed by atoms with Crippen LogP contribution < -0.4 is 0 Å². The molecule has 0 heterocycles. The van der Waals surface area contributed by atoms with Crippen LogP contribution in [0.5, 0.6) is 0 Å². The van der Waals surface area contributed by atoms with Crippen LogP contribution in [-0.2, 0) is 36.9 Å². The maximum Gasteiger partial charge on any atom is 0.166 e. The smallest absolute Gasteiger partial charge is 0.166 e. The Bertz CT molecular complexity index is 973. The number of hydrogen-bond acceptors (Lipinski definition) is 4. The summed E-state index contributed by atoms with van der Waals surface area (Å²) < 4.78 is 0. The first-order chi connectivity index (χ1) is 13.2. The first kappa shape index (κ1) is 17.8. The number of carbonyl (C=O) groups excluding carboxylic acids is 2. The van der Waals surface area contributed by atoms with Gasteiger partial charge in [-0.25, -0.2) is 0 Å². The lowest BCUT2D eigenvalue weighted by Gasteiger charge is -2.24. The summed E-state index contributed by atoms with van der Waals surface area (Å²) in [5.74, 6) is 0.0189. The minimum absolute atomic E-state index is 0.00945. The molecular formula is C24H24O4. The lowest BCUT2D eigenvalue weighted by Crippen LogP contribution is -2.21. The average molecular weight is 376 g/mol. The van der Waals surface area contributed by atoms with Gasteiger partial charge in [-0.1, -0.05) is 24.3 Å². The highest BCUT2D eigenvalue weighted by atomic mass is 16.3.